The Labute approximate surface area is 241 Å². The smallest absolute Gasteiger partial charge is 0.352 e. The standard InChI is InChI=1S/C19H21N9O6S5/c1-34-26-9(8-6-37-17(21)23-8)12(29)24-10-13(30)28-11(15(31)32)7(4-36-14(10)28)5-38-19-25-18(27-39-19)35-3-2-22-16(20)33/h6,10,14H,2-5H2,1H3,(H2,21,23)(H,24,29)(H,31,32)(H3,20,22,33)/b26-9-/t10?,14-/m1/s1. The molecular formula is C19H21N9O6S5. The van der Waals surface area contributed by atoms with E-state index in [-0.39, 0.29) is 22.2 Å². The van der Waals surface area contributed by atoms with E-state index in [0.717, 1.165) is 11.3 Å². The van der Waals surface area contributed by atoms with E-state index in [2.05, 4.69) is 30.1 Å². The number of nitrogen functional groups attached to an aromatic ring is 1. The lowest BCUT2D eigenvalue weighted by Gasteiger charge is -2.49. The number of rotatable bonds is 12. The summed E-state index contributed by atoms with van der Waals surface area (Å²) in [7, 11) is 1.27. The third-order valence-electron chi connectivity index (χ3n) is 5.09. The minimum Gasteiger partial charge on any atom is -0.477 e. The molecule has 0 bridgehead atoms. The second-order valence-electron chi connectivity index (χ2n) is 7.58. The number of thioether (sulfide) groups is 3. The molecule has 2 atom stereocenters. The maximum absolute atomic E-state index is 13.0. The number of carbonyl (C=O) groups excluding carboxylic acids is 3. The number of hydrogen-bond acceptors (Lipinski definition) is 15. The van der Waals surface area contributed by atoms with Gasteiger partial charge in [-0.05, 0) is 17.1 Å². The molecule has 39 heavy (non-hydrogen) atoms. The van der Waals surface area contributed by atoms with E-state index in [1.165, 1.54) is 64.2 Å². The topological polar surface area (TPSA) is 228 Å². The van der Waals surface area contributed by atoms with Crippen molar-refractivity contribution < 1.29 is 29.1 Å². The number of oxime groups is 1. The summed E-state index contributed by atoms with van der Waals surface area (Å²) in [6.45, 7) is 0.375. The molecule has 15 nitrogen and oxygen atoms in total. The number of urea groups is 1. The second-order valence-corrected chi connectivity index (χ2v) is 12.6. The number of carbonyl (C=O) groups is 4. The van der Waals surface area contributed by atoms with E-state index in [1.54, 1.807) is 0 Å². The molecule has 2 aliphatic rings. The van der Waals surface area contributed by atoms with Gasteiger partial charge in [-0.25, -0.2) is 19.6 Å². The SMILES string of the molecule is CO/N=C(\C(=O)NC1C(=O)N2C(C(=O)O)=C(CSc3nc(SCCNC(N)=O)ns3)CS[C@H]12)c1csc(N)n1. The molecule has 7 N–H and O–H groups in total. The van der Waals surface area contributed by atoms with Crippen LogP contribution < -0.4 is 22.1 Å². The van der Waals surface area contributed by atoms with Crippen molar-refractivity contribution in [3.8, 4) is 0 Å². The fraction of sp³-hybridized carbons (Fsp3) is 0.368. The Morgan fingerprint density at radius 1 is 1.33 bits per heavy atom. The van der Waals surface area contributed by atoms with Crippen LogP contribution in [0, 0.1) is 0 Å². The summed E-state index contributed by atoms with van der Waals surface area (Å²) >= 11 is 6.30. The summed E-state index contributed by atoms with van der Waals surface area (Å²) in [5.41, 5.74) is 11.2. The lowest BCUT2D eigenvalue weighted by atomic mass is 10.0. The summed E-state index contributed by atoms with van der Waals surface area (Å²) in [4.78, 5) is 63.1. The molecule has 2 aromatic heterocycles. The van der Waals surface area contributed by atoms with Crippen LogP contribution in [0.3, 0.4) is 0 Å². The van der Waals surface area contributed by atoms with Crippen molar-refractivity contribution in [1.29, 1.82) is 0 Å². The molecule has 0 aliphatic carbocycles. The van der Waals surface area contributed by atoms with Crippen LogP contribution in [0.4, 0.5) is 9.93 Å². The number of β-lactam (4-membered cyclic amide) rings is 1. The van der Waals surface area contributed by atoms with Gasteiger partial charge in [-0.3, -0.25) is 14.5 Å². The molecule has 4 amide bonds. The highest BCUT2D eigenvalue weighted by molar-refractivity contribution is 8.02. The van der Waals surface area contributed by atoms with E-state index < -0.39 is 35.2 Å². The fourth-order valence-corrected chi connectivity index (χ4v) is 7.99. The first-order valence-electron chi connectivity index (χ1n) is 10.9. The zero-order chi connectivity index (χ0) is 28.1. The van der Waals surface area contributed by atoms with Crippen LogP contribution in [0.5, 0.6) is 0 Å². The number of aromatic nitrogens is 3. The number of aliphatic carboxylic acids is 1. The minimum absolute atomic E-state index is 0.101. The molecule has 0 spiro atoms. The summed E-state index contributed by atoms with van der Waals surface area (Å²) < 4.78 is 4.88. The van der Waals surface area contributed by atoms with Crippen LogP contribution in [0.1, 0.15) is 5.69 Å². The van der Waals surface area contributed by atoms with Gasteiger partial charge in [-0.2, -0.15) is 4.37 Å². The number of nitrogens with zero attached hydrogens (tertiary/aromatic N) is 5. The highest BCUT2D eigenvalue weighted by atomic mass is 32.2. The van der Waals surface area contributed by atoms with Gasteiger partial charge in [0, 0.05) is 29.2 Å². The van der Waals surface area contributed by atoms with E-state index in [0.29, 0.717) is 38.9 Å². The molecule has 0 aromatic carbocycles. The van der Waals surface area contributed by atoms with E-state index >= 15 is 0 Å². The lowest BCUT2D eigenvalue weighted by molar-refractivity contribution is -0.150. The van der Waals surface area contributed by atoms with Crippen LogP contribution in [-0.4, -0.2) is 96.2 Å². The largest absolute Gasteiger partial charge is 0.477 e. The Balaban J connectivity index is 1.39. The summed E-state index contributed by atoms with van der Waals surface area (Å²) in [6.07, 6.45) is 0. The van der Waals surface area contributed by atoms with Gasteiger partial charge in [-0.15, -0.1) is 23.1 Å². The number of fused-ring (bicyclic) bond motifs is 1. The van der Waals surface area contributed by atoms with Crippen LogP contribution in [0.2, 0.25) is 0 Å². The number of nitrogens with two attached hydrogens (primary N) is 2. The lowest BCUT2D eigenvalue weighted by Crippen LogP contribution is -2.71. The number of anilines is 1. The molecule has 0 saturated carbocycles. The van der Waals surface area contributed by atoms with Crippen LogP contribution in [0.15, 0.2) is 31.3 Å². The molecule has 2 aromatic rings. The Kier molecular flexibility index (Phi) is 9.53. The first-order valence-corrected chi connectivity index (χ1v) is 15.5. The van der Waals surface area contributed by atoms with Gasteiger partial charge >= 0.3 is 12.0 Å². The highest BCUT2D eigenvalue weighted by Gasteiger charge is 2.54. The number of carboxylic acids is 1. The Hall–Kier alpha value is -3.07. The van der Waals surface area contributed by atoms with Crippen molar-refractivity contribution in [3.63, 3.8) is 0 Å². The Morgan fingerprint density at radius 2 is 2.13 bits per heavy atom. The van der Waals surface area contributed by atoms with Crippen molar-refractivity contribution in [1.82, 2.24) is 29.9 Å². The van der Waals surface area contributed by atoms with Crippen molar-refractivity contribution in [3.05, 3.63) is 22.3 Å². The van der Waals surface area contributed by atoms with Gasteiger partial charge in [0.15, 0.2) is 15.2 Å². The van der Waals surface area contributed by atoms with Gasteiger partial charge < -0.3 is 32.0 Å². The minimum atomic E-state index is -1.23. The van der Waals surface area contributed by atoms with Crippen molar-refractivity contribution >= 4 is 92.8 Å². The van der Waals surface area contributed by atoms with Gasteiger partial charge in [0.2, 0.25) is 5.16 Å². The molecule has 1 fully saturated rings. The van der Waals surface area contributed by atoms with Crippen LogP contribution in [-0.2, 0) is 19.2 Å². The van der Waals surface area contributed by atoms with Crippen LogP contribution >= 0.6 is 58.2 Å². The number of nitrogens with one attached hydrogen (secondary N) is 2. The number of amides is 4. The average Bonchev–Trinajstić information content (AvgIpc) is 3.54. The molecule has 2 aliphatic heterocycles. The number of carboxylic acid groups (broad SMARTS) is 1. The summed E-state index contributed by atoms with van der Waals surface area (Å²) in [5.74, 6) is -1.30. The van der Waals surface area contributed by atoms with Crippen molar-refractivity contribution in [2.45, 2.75) is 20.9 Å². The Morgan fingerprint density at radius 3 is 2.79 bits per heavy atom. The third-order valence-corrected chi connectivity index (χ3v) is 9.99. The molecule has 20 heteroatoms. The van der Waals surface area contributed by atoms with Crippen molar-refractivity contribution in [2.75, 3.05) is 36.6 Å². The first-order chi connectivity index (χ1) is 18.7. The summed E-state index contributed by atoms with van der Waals surface area (Å²) in [5, 5.41) is 20.4. The molecule has 0 radical (unpaired) electrons. The molecule has 4 rings (SSSR count). The zero-order valence-electron chi connectivity index (χ0n) is 20.0. The highest BCUT2D eigenvalue weighted by Crippen LogP contribution is 2.42. The van der Waals surface area contributed by atoms with E-state index in [1.807, 2.05) is 0 Å². The molecule has 4 heterocycles. The monoisotopic (exact) mass is 631 g/mol. The fourth-order valence-electron chi connectivity index (χ4n) is 3.48. The zero-order valence-corrected chi connectivity index (χ0v) is 24.1. The predicted molar refractivity (Wildman–Crippen MR) is 149 cm³/mol. The molecule has 1 saturated heterocycles. The normalized spacial score (nSPS) is 18.8. The van der Waals surface area contributed by atoms with Gasteiger partial charge in [0.1, 0.15) is 29.9 Å². The van der Waals surface area contributed by atoms with Gasteiger partial charge in [0.05, 0.1) is 0 Å². The molecule has 208 valence electrons. The molecular weight excluding hydrogens is 611 g/mol. The van der Waals surface area contributed by atoms with E-state index in [4.69, 9.17) is 16.3 Å². The van der Waals surface area contributed by atoms with Crippen LogP contribution in [0.25, 0.3) is 0 Å². The predicted octanol–water partition coefficient (Wildman–Crippen LogP) is 0.219. The van der Waals surface area contributed by atoms with Crippen molar-refractivity contribution in [2.24, 2.45) is 10.9 Å². The van der Waals surface area contributed by atoms with E-state index in [9.17, 15) is 24.3 Å². The quantitative estimate of drug-likeness (QED) is 0.0695. The average molecular weight is 632 g/mol. The third kappa shape index (κ3) is 6.75. The molecule has 1 unspecified atom stereocenters. The maximum atomic E-state index is 13.0. The maximum Gasteiger partial charge on any atom is 0.352 e. The first kappa shape index (κ1) is 28.9. The Bertz CT molecular complexity index is 1340. The van der Waals surface area contributed by atoms with Gasteiger partial charge in [-0.1, -0.05) is 28.7 Å². The number of hydrogen-bond donors (Lipinski definition) is 5. The van der Waals surface area contributed by atoms with Gasteiger partial charge in [0.25, 0.3) is 11.8 Å². The number of thiazole rings is 1. The summed E-state index contributed by atoms with van der Waals surface area (Å²) in [6, 6.07) is -1.55. The second kappa shape index (κ2) is 12.9. The number of primary amides is 1.